The van der Waals surface area contributed by atoms with Crippen LogP contribution in [0.5, 0.6) is 0 Å². The number of aliphatic carboxylic acids is 1. The lowest BCUT2D eigenvalue weighted by Gasteiger charge is -2.26. The molecule has 12 nitrogen and oxygen atoms in total. The fraction of sp³-hybridized carbons (Fsp3) is 0.571. The molecule has 0 saturated carbocycles. The van der Waals surface area contributed by atoms with Crippen LogP contribution in [0.4, 0.5) is 13.6 Å². The van der Waals surface area contributed by atoms with Gasteiger partial charge in [-0.25, -0.2) is 18.4 Å². The van der Waals surface area contributed by atoms with Gasteiger partial charge < -0.3 is 30.5 Å². The Morgan fingerprint density at radius 2 is 1.43 bits per heavy atom. The average Bonchev–Trinajstić information content (AvgIpc) is 2.87. The van der Waals surface area contributed by atoms with Crippen LogP contribution in [0.3, 0.4) is 0 Å². The van der Waals surface area contributed by atoms with Gasteiger partial charge in [-0.15, -0.1) is 0 Å². The number of carboxylic acids is 1. The number of carboxylic acid groups (broad SMARTS) is 1. The quantitative estimate of drug-likeness (QED) is 0.164. The second-order valence-corrected chi connectivity index (χ2v) is 10.9. The monoisotopic (exact) mass is 599 g/mol. The first-order chi connectivity index (χ1) is 19.5. The molecule has 0 aromatic heterocycles. The number of alkyl carbamates (subject to hydrolysis) is 1. The smallest absolute Gasteiger partial charge is 0.408 e. The van der Waals surface area contributed by atoms with Gasteiger partial charge in [0.05, 0.1) is 0 Å². The maximum atomic E-state index is 13.2. The van der Waals surface area contributed by atoms with E-state index in [1.165, 1.54) is 0 Å². The molecule has 0 heterocycles. The van der Waals surface area contributed by atoms with Gasteiger partial charge in [-0.05, 0) is 45.1 Å². The first-order valence-corrected chi connectivity index (χ1v) is 13.3. The third-order valence-electron chi connectivity index (χ3n) is 5.48. The Balaban J connectivity index is 3.06. The normalized spacial score (nSPS) is 13.5. The van der Waals surface area contributed by atoms with Crippen LogP contribution in [-0.4, -0.2) is 70.9 Å². The topological polar surface area (TPSA) is 177 Å². The van der Waals surface area contributed by atoms with Gasteiger partial charge in [-0.1, -0.05) is 44.2 Å². The highest BCUT2D eigenvalue weighted by molar-refractivity contribution is 6.35. The van der Waals surface area contributed by atoms with E-state index < -0.39 is 72.2 Å². The molecule has 1 rings (SSSR count). The number of carbonyl (C=O) groups excluding carboxylic acids is 5. The highest BCUT2D eigenvalue weighted by Crippen LogP contribution is 2.12. The number of benzene rings is 1. The molecular formula is C28H39F2N3O9. The van der Waals surface area contributed by atoms with Crippen LogP contribution in [0.1, 0.15) is 65.9 Å². The van der Waals surface area contributed by atoms with Gasteiger partial charge in [0.15, 0.2) is 0 Å². The number of halogens is 2. The summed E-state index contributed by atoms with van der Waals surface area (Å²) in [5.41, 5.74) is -0.183. The summed E-state index contributed by atoms with van der Waals surface area (Å²) >= 11 is 0. The van der Waals surface area contributed by atoms with Crippen LogP contribution < -0.4 is 16.0 Å². The minimum absolute atomic E-state index is 0.0124. The maximum absolute atomic E-state index is 13.2. The van der Waals surface area contributed by atoms with Crippen molar-refractivity contribution < 1.29 is 52.1 Å². The van der Waals surface area contributed by atoms with Crippen LogP contribution >= 0.6 is 0 Å². The summed E-state index contributed by atoms with van der Waals surface area (Å²) in [6.07, 6.45) is -5.90. The summed E-state index contributed by atoms with van der Waals surface area (Å²) in [4.78, 5) is 73.9. The van der Waals surface area contributed by atoms with E-state index in [9.17, 15) is 37.5 Å². The predicted octanol–water partition coefficient (Wildman–Crippen LogP) is 2.73. The van der Waals surface area contributed by atoms with Crippen molar-refractivity contribution in [3.05, 3.63) is 35.9 Å². The molecule has 14 heteroatoms. The zero-order valence-corrected chi connectivity index (χ0v) is 24.3. The Morgan fingerprint density at radius 1 is 0.857 bits per heavy atom. The molecule has 0 spiro atoms. The fourth-order valence-electron chi connectivity index (χ4n) is 3.60. The molecule has 0 fully saturated rings. The van der Waals surface area contributed by atoms with Gasteiger partial charge in [0.2, 0.25) is 18.2 Å². The lowest BCUT2D eigenvalue weighted by atomic mass is 10.0. The van der Waals surface area contributed by atoms with Crippen LogP contribution in [-0.2, 0) is 40.1 Å². The Kier molecular flexibility index (Phi) is 14.5. The van der Waals surface area contributed by atoms with Gasteiger partial charge in [-0.2, -0.15) is 0 Å². The van der Waals surface area contributed by atoms with Gasteiger partial charge in [0, 0.05) is 12.8 Å². The molecule has 0 saturated heterocycles. The van der Waals surface area contributed by atoms with Crippen molar-refractivity contribution in [2.45, 2.75) is 97.1 Å². The number of hydrogen-bond donors (Lipinski definition) is 4. The van der Waals surface area contributed by atoms with Crippen molar-refractivity contribution in [3.8, 4) is 0 Å². The largest absolute Gasteiger partial charge is 0.475 e. The van der Waals surface area contributed by atoms with E-state index >= 15 is 0 Å². The number of ketones is 1. The maximum Gasteiger partial charge on any atom is 0.408 e. The highest BCUT2D eigenvalue weighted by Gasteiger charge is 2.34. The van der Waals surface area contributed by atoms with E-state index in [1.807, 2.05) is 5.32 Å². The highest BCUT2D eigenvalue weighted by atomic mass is 19.3. The Bertz CT molecular complexity index is 1090. The Labute approximate surface area is 242 Å². The minimum atomic E-state index is -3.10. The van der Waals surface area contributed by atoms with Gasteiger partial charge in [-0.3, -0.25) is 19.2 Å². The van der Waals surface area contributed by atoms with Crippen molar-refractivity contribution in [3.63, 3.8) is 0 Å². The van der Waals surface area contributed by atoms with Gasteiger partial charge in [0.1, 0.15) is 30.3 Å². The molecule has 1 aromatic carbocycles. The van der Waals surface area contributed by atoms with E-state index in [2.05, 4.69) is 10.6 Å². The Hall–Kier alpha value is -4.10. The molecule has 3 atom stereocenters. The van der Waals surface area contributed by atoms with E-state index in [1.54, 1.807) is 65.0 Å². The second kappa shape index (κ2) is 17.0. The summed E-state index contributed by atoms with van der Waals surface area (Å²) < 4.78 is 36.4. The molecule has 0 aliphatic rings. The molecule has 0 aliphatic carbocycles. The number of rotatable bonds is 16. The molecule has 1 aromatic rings. The molecule has 0 bridgehead atoms. The molecule has 42 heavy (non-hydrogen) atoms. The molecular weight excluding hydrogens is 560 g/mol. The van der Waals surface area contributed by atoms with E-state index in [4.69, 9.17) is 14.6 Å². The summed E-state index contributed by atoms with van der Waals surface area (Å²) in [5.74, 6) is -6.53. The number of nitrogens with one attached hydrogen (secondary N) is 3. The standard InChI is InChI=1S/C28H39F2N3O9/c1-16(2)13-20(25(37)31-19(14-21(29)30)23(35)26(38)39)32-24(36)18(33-27(40)42-28(3,4)5)11-12-22(34)41-15-17-9-7-6-8-10-17/h6-10,16,18-21H,11-15H2,1-5H3,(H,31,37)(H,32,36)(H,33,40)(H,38,39). The van der Waals surface area contributed by atoms with Crippen LogP contribution in [0.15, 0.2) is 30.3 Å². The van der Waals surface area contributed by atoms with E-state index in [0.29, 0.717) is 0 Å². The number of esters is 1. The molecule has 4 N–H and O–H groups in total. The first-order valence-electron chi connectivity index (χ1n) is 13.3. The predicted molar refractivity (Wildman–Crippen MR) is 145 cm³/mol. The summed E-state index contributed by atoms with van der Waals surface area (Å²) in [6.45, 7) is 8.18. The summed E-state index contributed by atoms with van der Waals surface area (Å²) in [5, 5.41) is 15.7. The van der Waals surface area contributed by atoms with E-state index in [0.717, 1.165) is 5.56 Å². The van der Waals surface area contributed by atoms with Crippen molar-refractivity contribution in [1.82, 2.24) is 16.0 Å². The number of carbonyl (C=O) groups is 6. The number of ether oxygens (including phenoxy) is 2. The van der Waals surface area contributed by atoms with Crippen molar-refractivity contribution >= 4 is 35.6 Å². The van der Waals surface area contributed by atoms with Crippen molar-refractivity contribution in [2.75, 3.05) is 0 Å². The molecule has 3 amide bonds. The first kappa shape index (κ1) is 35.9. The van der Waals surface area contributed by atoms with Crippen LogP contribution in [0, 0.1) is 5.92 Å². The SMILES string of the molecule is CC(C)CC(NC(=O)C(CCC(=O)OCc1ccccc1)NC(=O)OC(C)(C)C)C(=O)NC(CC(F)F)C(=O)C(=O)O. The lowest BCUT2D eigenvalue weighted by molar-refractivity contribution is -0.151. The zero-order chi connectivity index (χ0) is 32.0. The molecule has 234 valence electrons. The minimum Gasteiger partial charge on any atom is -0.475 e. The number of Topliss-reactive ketones (excluding diaryl/α,β-unsaturated/α-hetero) is 1. The Morgan fingerprint density at radius 3 is 1.95 bits per heavy atom. The molecule has 0 aliphatic heterocycles. The molecule has 0 radical (unpaired) electrons. The van der Waals surface area contributed by atoms with Crippen LogP contribution in [0.25, 0.3) is 0 Å². The zero-order valence-electron chi connectivity index (χ0n) is 24.3. The third kappa shape index (κ3) is 14.5. The van der Waals surface area contributed by atoms with Crippen LogP contribution in [0.2, 0.25) is 0 Å². The third-order valence-corrected chi connectivity index (χ3v) is 5.48. The number of alkyl halides is 2. The second-order valence-electron chi connectivity index (χ2n) is 10.9. The summed E-state index contributed by atoms with van der Waals surface area (Å²) in [6, 6.07) is 4.03. The lowest BCUT2D eigenvalue weighted by Crippen LogP contribution is -2.57. The molecule has 3 unspecified atom stereocenters. The number of amides is 3. The van der Waals surface area contributed by atoms with Gasteiger partial charge >= 0.3 is 18.0 Å². The average molecular weight is 600 g/mol. The summed E-state index contributed by atoms with van der Waals surface area (Å²) in [7, 11) is 0. The van der Waals surface area contributed by atoms with Crippen molar-refractivity contribution in [1.29, 1.82) is 0 Å². The number of hydrogen-bond acceptors (Lipinski definition) is 8. The van der Waals surface area contributed by atoms with E-state index in [-0.39, 0.29) is 31.8 Å². The van der Waals surface area contributed by atoms with Crippen molar-refractivity contribution in [2.24, 2.45) is 5.92 Å². The van der Waals surface area contributed by atoms with Gasteiger partial charge in [0.25, 0.3) is 5.78 Å². The fourth-order valence-corrected chi connectivity index (χ4v) is 3.60.